The Morgan fingerprint density at radius 1 is 1.33 bits per heavy atom. The summed E-state index contributed by atoms with van der Waals surface area (Å²) in [5.74, 6) is 1.55. The second-order valence-corrected chi connectivity index (χ2v) is 5.33. The number of ether oxygens (including phenoxy) is 1. The SMILES string of the molecule is CCC(C)NC(=O)CCNC(=NC)NCc1cccc(OC)c1.I. The predicted molar refractivity (Wildman–Crippen MR) is 109 cm³/mol. The third-order valence-corrected chi connectivity index (χ3v) is 3.48. The van der Waals surface area contributed by atoms with E-state index in [1.165, 1.54) is 0 Å². The topological polar surface area (TPSA) is 74.8 Å². The Morgan fingerprint density at radius 3 is 2.71 bits per heavy atom. The molecule has 1 atom stereocenters. The number of rotatable bonds is 8. The molecule has 136 valence electrons. The zero-order valence-corrected chi connectivity index (χ0v) is 17.2. The molecule has 0 saturated carbocycles. The van der Waals surface area contributed by atoms with Crippen LogP contribution in [0.1, 0.15) is 32.3 Å². The number of carbonyl (C=O) groups excluding carboxylic acids is 1. The average Bonchev–Trinajstić information content (AvgIpc) is 2.57. The summed E-state index contributed by atoms with van der Waals surface area (Å²) < 4.78 is 5.20. The molecule has 24 heavy (non-hydrogen) atoms. The highest BCUT2D eigenvalue weighted by Gasteiger charge is 2.06. The summed E-state index contributed by atoms with van der Waals surface area (Å²) in [6.45, 7) is 5.23. The van der Waals surface area contributed by atoms with Crippen LogP contribution in [0.25, 0.3) is 0 Å². The number of nitrogens with one attached hydrogen (secondary N) is 3. The summed E-state index contributed by atoms with van der Waals surface area (Å²) >= 11 is 0. The van der Waals surface area contributed by atoms with Gasteiger partial charge in [-0.1, -0.05) is 19.1 Å². The lowest BCUT2D eigenvalue weighted by Gasteiger charge is -2.14. The maximum atomic E-state index is 11.7. The first-order valence-electron chi connectivity index (χ1n) is 7.95. The summed E-state index contributed by atoms with van der Waals surface area (Å²) in [6, 6.07) is 8.06. The number of nitrogens with zero attached hydrogens (tertiary/aromatic N) is 1. The number of methoxy groups -OCH3 is 1. The predicted octanol–water partition coefficient (Wildman–Crippen LogP) is 2.28. The Balaban J connectivity index is 0.00000529. The van der Waals surface area contributed by atoms with Gasteiger partial charge in [0.1, 0.15) is 5.75 Å². The zero-order chi connectivity index (χ0) is 17.1. The van der Waals surface area contributed by atoms with Gasteiger partial charge in [0.15, 0.2) is 5.96 Å². The number of carbonyl (C=O) groups is 1. The van der Waals surface area contributed by atoms with Crippen molar-refractivity contribution in [3.63, 3.8) is 0 Å². The molecule has 0 saturated heterocycles. The third-order valence-electron chi connectivity index (χ3n) is 3.48. The summed E-state index contributed by atoms with van der Waals surface area (Å²) in [5.41, 5.74) is 1.10. The van der Waals surface area contributed by atoms with Crippen molar-refractivity contribution in [3.05, 3.63) is 29.8 Å². The molecule has 0 heterocycles. The molecule has 0 aliphatic heterocycles. The van der Waals surface area contributed by atoms with Crippen molar-refractivity contribution < 1.29 is 9.53 Å². The number of hydrogen-bond acceptors (Lipinski definition) is 3. The normalized spacial score (nSPS) is 11.9. The van der Waals surface area contributed by atoms with Crippen LogP contribution < -0.4 is 20.7 Å². The smallest absolute Gasteiger partial charge is 0.221 e. The first kappa shape index (κ1) is 22.5. The van der Waals surface area contributed by atoms with E-state index in [0.29, 0.717) is 25.5 Å². The highest BCUT2D eigenvalue weighted by atomic mass is 127. The summed E-state index contributed by atoms with van der Waals surface area (Å²) in [4.78, 5) is 15.9. The van der Waals surface area contributed by atoms with Crippen molar-refractivity contribution in [3.8, 4) is 5.75 Å². The maximum Gasteiger partial charge on any atom is 0.221 e. The number of guanidine groups is 1. The molecule has 0 aliphatic carbocycles. The van der Waals surface area contributed by atoms with E-state index in [4.69, 9.17) is 4.74 Å². The minimum atomic E-state index is 0. The molecule has 0 aliphatic rings. The minimum Gasteiger partial charge on any atom is -0.497 e. The Kier molecular flexibility index (Phi) is 12.0. The van der Waals surface area contributed by atoms with E-state index in [9.17, 15) is 4.79 Å². The first-order valence-corrected chi connectivity index (χ1v) is 7.95. The summed E-state index contributed by atoms with van der Waals surface area (Å²) in [5, 5.41) is 9.29. The zero-order valence-electron chi connectivity index (χ0n) is 14.9. The van der Waals surface area contributed by atoms with Crippen LogP contribution >= 0.6 is 24.0 Å². The molecular formula is C17H29IN4O2. The molecule has 1 rings (SSSR count). The van der Waals surface area contributed by atoms with Gasteiger partial charge in [0, 0.05) is 32.6 Å². The molecule has 1 aromatic rings. The van der Waals surface area contributed by atoms with Gasteiger partial charge in [-0.05, 0) is 31.0 Å². The van der Waals surface area contributed by atoms with Gasteiger partial charge in [-0.25, -0.2) is 0 Å². The van der Waals surface area contributed by atoms with Crippen molar-refractivity contribution in [1.82, 2.24) is 16.0 Å². The van der Waals surface area contributed by atoms with Gasteiger partial charge < -0.3 is 20.7 Å². The van der Waals surface area contributed by atoms with E-state index in [-0.39, 0.29) is 35.9 Å². The lowest BCUT2D eigenvalue weighted by atomic mass is 10.2. The van der Waals surface area contributed by atoms with Crippen LogP contribution in [0.15, 0.2) is 29.3 Å². The van der Waals surface area contributed by atoms with Crippen LogP contribution in [0.2, 0.25) is 0 Å². The van der Waals surface area contributed by atoms with E-state index in [1.54, 1.807) is 14.2 Å². The van der Waals surface area contributed by atoms with E-state index in [0.717, 1.165) is 17.7 Å². The fraction of sp³-hybridized carbons (Fsp3) is 0.529. The number of hydrogen-bond donors (Lipinski definition) is 3. The van der Waals surface area contributed by atoms with E-state index >= 15 is 0 Å². The minimum absolute atomic E-state index is 0. The van der Waals surface area contributed by atoms with E-state index in [1.807, 2.05) is 38.1 Å². The highest BCUT2D eigenvalue weighted by Crippen LogP contribution is 2.11. The molecule has 0 spiro atoms. The molecule has 7 heteroatoms. The molecule has 6 nitrogen and oxygen atoms in total. The second-order valence-electron chi connectivity index (χ2n) is 5.33. The molecular weight excluding hydrogens is 419 g/mol. The Morgan fingerprint density at radius 2 is 2.08 bits per heavy atom. The molecule has 0 radical (unpaired) electrons. The van der Waals surface area contributed by atoms with Gasteiger partial charge in [-0.2, -0.15) is 0 Å². The molecule has 0 bridgehead atoms. The van der Waals surface area contributed by atoms with Crippen LogP contribution in [0.5, 0.6) is 5.75 Å². The third kappa shape index (κ3) is 8.95. The van der Waals surface area contributed by atoms with Crippen LogP contribution in [0.4, 0.5) is 0 Å². The van der Waals surface area contributed by atoms with Crippen molar-refractivity contribution >= 4 is 35.8 Å². The van der Waals surface area contributed by atoms with Gasteiger partial charge >= 0.3 is 0 Å². The monoisotopic (exact) mass is 448 g/mol. The fourth-order valence-electron chi connectivity index (χ4n) is 1.93. The van der Waals surface area contributed by atoms with Crippen molar-refractivity contribution in [2.75, 3.05) is 20.7 Å². The standard InChI is InChI=1S/C17H28N4O2.HI/c1-5-13(2)21-16(22)9-10-19-17(18-3)20-12-14-7-6-8-15(11-14)23-4;/h6-8,11,13H,5,9-10,12H2,1-4H3,(H,21,22)(H2,18,19,20);1H. The van der Waals surface area contributed by atoms with Crippen molar-refractivity contribution in [2.24, 2.45) is 4.99 Å². The van der Waals surface area contributed by atoms with Crippen LogP contribution in [-0.2, 0) is 11.3 Å². The maximum absolute atomic E-state index is 11.7. The number of aliphatic imine (C=N–C) groups is 1. The molecule has 3 N–H and O–H groups in total. The fourth-order valence-corrected chi connectivity index (χ4v) is 1.93. The highest BCUT2D eigenvalue weighted by molar-refractivity contribution is 14.0. The number of benzene rings is 1. The van der Waals surface area contributed by atoms with Crippen molar-refractivity contribution in [2.45, 2.75) is 39.3 Å². The van der Waals surface area contributed by atoms with E-state index in [2.05, 4.69) is 20.9 Å². The van der Waals surface area contributed by atoms with Gasteiger partial charge in [0.25, 0.3) is 0 Å². The average molecular weight is 448 g/mol. The lowest BCUT2D eigenvalue weighted by Crippen LogP contribution is -2.40. The summed E-state index contributed by atoms with van der Waals surface area (Å²) in [6.07, 6.45) is 1.35. The lowest BCUT2D eigenvalue weighted by molar-refractivity contribution is -0.121. The van der Waals surface area contributed by atoms with Gasteiger partial charge in [0.05, 0.1) is 7.11 Å². The van der Waals surface area contributed by atoms with Gasteiger partial charge in [-0.15, -0.1) is 24.0 Å². The van der Waals surface area contributed by atoms with Crippen LogP contribution in [0, 0.1) is 0 Å². The number of amides is 1. The van der Waals surface area contributed by atoms with Crippen molar-refractivity contribution in [1.29, 1.82) is 0 Å². The van der Waals surface area contributed by atoms with Gasteiger partial charge in [-0.3, -0.25) is 9.79 Å². The van der Waals surface area contributed by atoms with Crippen LogP contribution in [-0.4, -0.2) is 38.6 Å². The second kappa shape index (κ2) is 12.9. The summed E-state index contributed by atoms with van der Waals surface area (Å²) in [7, 11) is 3.36. The Hall–Kier alpha value is -1.51. The molecule has 0 aromatic heterocycles. The molecule has 1 aromatic carbocycles. The first-order chi connectivity index (χ1) is 11.1. The quantitative estimate of drug-likeness (QED) is 0.324. The number of halogens is 1. The molecule has 0 fully saturated rings. The molecule has 1 unspecified atom stereocenters. The molecule has 1 amide bonds. The Bertz CT molecular complexity index is 523. The largest absolute Gasteiger partial charge is 0.497 e. The Labute approximate surface area is 161 Å². The van der Waals surface area contributed by atoms with Gasteiger partial charge in [0.2, 0.25) is 5.91 Å². The van der Waals surface area contributed by atoms with Crippen LogP contribution in [0.3, 0.4) is 0 Å². The van der Waals surface area contributed by atoms with E-state index < -0.39 is 0 Å².